The molecule has 10 heavy (non-hydrogen) atoms. The normalized spacial score (nSPS) is 30.3. The summed E-state index contributed by atoms with van der Waals surface area (Å²) in [5.74, 6) is 1.85. The maximum Gasteiger partial charge on any atom is 0.0260 e. The van der Waals surface area contributed by atoms with Gasteiger partial charge in [0.2, 0.25) is 0 Å². The number of rotatable bonds is 2. The number of halogens is 1. The van der Waals surface area contributed by atoms with Crippen LogP contribution < -0.4 is 0 Å². The molecule has 0 aromatic carbocycles. The largest absolute Gasteiger partial charge is 0.126 e. The molecule has 2 aliphatic carbocycles. The second-order valence-corrected chi connectivity index (χ2v) is 3.84. The van der Waals surface area contributed by atoms with E-state index in [0.717, 1.165) is 18.2 Å². The molecule has 1 atom stereocenters. The Bertz CT molecular complexity index is 170. The zero-order chi connectivity index (χ0) is 6.97. The first-order valence-electron chi connectivity index (χ1n) is 4.16. The first-order chi connectivity index (χ1) is 4.90. The number of fused-ring (bicyclic) bond motifs is 2. The summed E-state index contributed by atoms with van der Waals surface area (Å²) in [4.78, 5) is 0. The summed E-state index contributed by atoms with van der Waals surface area (Å²) < 4.78 is 0. The summed E-state index contributed by atoms with van der Waals surface area (Å²) in [5, 5.41) is 0. The molecule has 0 N–H and O–H groups in total. The Morgan fingerprint density at radius 1 is 1.40 bits per heavy atom. The summed E-state index contributed by atoms with van der Waals surface area (Å²) in [6, 6.07) is 0. The van der Waals surface area contributed by atoms with Gasteiger partial charge in [0.05, 0.1) is 0 Å². The monoisotopic (exact) mass is 156 g/mol. The van der Waals surface area contributed by atoms with Gasteiger partial charge in [-0.2, -0.15) is 0 Å². The van der Waals surface area contributed by atoms with E-state index in [1.54, 1.807) is 11.1 Å². The van der Waals surface area contributed by atoms with E-state index >= 15 is 0 Å². The van der Waals surface area contributed by atoms with Gasteiger partial charge in [0, 0.05) is 5.88 Å². The van der Waals surface area contributed by atoms with Crippen molar-refractivity contribution in [1.82, 2.24) is 0 Å². The summed E-state index contributed by atoms with van der Waals surface area (Å²) in [6.45, 7) is 0. The van der Waals surface area contributed by atoms with E-state index in [9.17, 15) is 0 Å². The van der Waals surface area contributed by atoms with Crippen molar-refractivity contribution in [1.29, 1.82) is 0 Å². The van der Waals surface area contributed by atoms with Crippen LogP contribution in [0, 0.1) is 5.92 Å². The molecular formula is C9H13Cl. The Hall–Kier alpha value is 0.0300. The van der Waals surface area contributed by atoms with Gasteiger partial charge in [0.25, 0.3) is 0 Å². The van der Waals surface area contributed by atoms with E-state index in [1.807, 2.05) is 0 Å². The van der Waals surface area contributed by atoms with Crippen molar-refractivity contribution in [2.75, 3.05) is 5.88 Å². The zero-order valence-corrected chi connectivity index (χ0v) is 6.95. The Balaban J connectivity index is 2.08. The topological polar surface area (TPSA) is 0 Å². The maximum absolute atomic E-state index is 5.68. The lowest BCUT2D eigenvalue weighted by Crippen LogP contribution is -1.94. The van der Waals surface area contributed by atoms with Crippen LogP contribution in [-0.4, -0.2) is 5.88 Å². The molecule has 2 rings (SSSR count). The first-order valence-corrected chi connectivity index (χ1v) is 4.69. The van der Waals surface area contributed by atoms with Crippen molar-refractivity contribution < 1.29 is 0 Å². The fourth-order valence-corrected chi connectivity index (χ4v) is 2.54. The minimum atomic E-state index is 0.825. The van der Waals surface area contributed by atoms with E-state index in [2.05, 4.69) is 0 Å². The van der Waals surface area contributed by atoms with Gasteiger partial charge >= 0.3 is 0 Å². The molecule has 0 saturated heterocycles. The number of hydrogen-bond donors (Lipinski definition) is 0. The molecule has 0 aromatic heterocycles. The van der Waals surface area contributed by atoms with Gasteiger partial charge in [0.1, 0.15) is 0 Å². The van der Waals surface area contributed by atoms with Crippen LogP contribution in [0.3, 0.4) is 0 Å². The van der Waals surface area contributed by atoms with Crippen molar-refractivity contribution in [3.8, 4) is 0 Å². The zero-order valence-electron chi connectivity index (χ0n) is 6.20. The molecule has 0 aliphatic heterocycles. The average Bonchev–Trinajstić information content (AvgIpc) is 2.48. The number of allylic oxidation sites excluding steroid dienone is 2. The third-order valence-corrected chi connectivity index (χ3v) is 3.01. The molecule has 0 nitrogen and oxygen atoms in total. The van der Waals surface area contributed by atoms with E-state index < -0.39 is 0 Å². The van der Waals surface area contributed by atoms with Gasteiger partial charge in [-0.1, -0.05) is 11.1 Å². The second-order valence-electron chi connectivity index (χ2n) is 3.46. The van der Waals surface area contributed by atoms with Crippen molar-refractivity contribution in [2.45, 2.75) is 32.1 Å². The molecule has 1 heteroatoms. The van der Waals surface area contributed by atoms with Crippen LogP contribution in [0.4, 0.5) is 0 Å². The fourth-order valence-electron chi connectivity index (χ4n) is 2.31. The highest BCUT2D eigenvalue weighted by molar-refractivity contribution is 6.18. The molecule has 2 aliphatic rings. The molecule has 0 spiro atoms. The van der Waals surface area contributed by atoms with Crippen molar-refractivity contribution in [3.05, 3.63) is 11.1 Å². The Kier molecular flexibility index (Phi) is 1.73. The quantitative estimate of drug-likeness (QED) is 0.426. The minimum Gasteiger partial charge on any atom is -0.126 e. The predicted octanol–water partition coefficient (Wildman–Crippen LogP) is 3.12. The summed E-state index contributed by atoms with van der Waals surface area (Å²) >= 11 is 5.68. The van der Waals surface area contributed by atoms with Gasteiger partial charge in [0.15, 0.2) is 0 Å². The van der Waals surface area contributed by atoms with Gasteiger partial charge in [-0.05, 0) is 38.0 Å². The number of hydrogen-bond acceptors (Lipinski definition) is 0. The van der Waals surface area contributed by atoms with Crippen LogP contribution in [0.25, 0.3) is 0 Å². The summed E-state index contributed by atoms with van der Waals surface area (Å²) in [7, 11) is 0. The second kappa shape index (κ2) is 2.58. The Morgan fingerprint density at radius 3 is 2.80 bits per heavy atom. The molecular weight excluding hydrogens is 144 g/mol. The predicted molar refractivity (Wildman–Crippen MR) is 44.3 cm³/mol. The van der Waals surface area contributed by atoms with E-state index in [1.165, 1.54) is 25.7 Å². The lowest BCUT2D eigenvalue weighted by Gasteiger charge is -2.09. The first kappa shape index (κ1) is 6.72. The highest BCUT2D eigenvalue weighted by Crippen LogP contribution is 2.45. The SMILES string of the molecule is ClCCC1=C2CCC(C1)C2. The van der Waals surface area contributed by atoms with Crippen LogP contribution in [0.2, 0.25) is 0 Å². The van der Waals surface area contributed by atoms with Crippen LogP contribution in [0.15, 0.2) is 11.1 Å². The average molecular weight is 157 g/mol. The van der Waals surface area contributed by atoms with Gasteiger partial charge in [-0.15, -0.1) is 11.6 Å². The van der Waals surface area contributed by atoms with Crippen LogP contribution in [0.5, 0.6) is 0 Å². The minimum absolute atomic E-state index is 0.825. The molecule has 0 aromatic rings. The molecule has 0 radical (unpaired) electrons. The molecule has 1 saturated carbocycles. The highest BCUT2D eigenvalue weighted by Gasteiger charge is 2.28. The third-order valence-electron chi connectivity index (χ3n) is 2.82. The van der Waals surface area contributed by atoms with Crippen molar-refractivity contribution in [3.63, 3.8) is 0 Å². The van der Waals surface area contributed by atoms with E-state index in [-0.39, 0.29) is 0 Å². The standard InChI is InChI=1S/C9H13Cl/c10-4-3-9-6-7-1-2-8(9)5-7/h7H,1-6H2. The van der Waals surface area contributed by atoms with Crippen LogP contribution >= 0.6 is 11.6 Å². The lowest BCUT2D eigenvalue weighted by atomic mass is 9.98. The molecule has 0 heterocycles. The number of alkyl halides is 1. The fraction of sp³-hybridized carbons (Fsp3) is 0.778. The van der Waals surface area contributed by atoms with Gasteiger partial charge in [-0.3, -0.25) is 0 Å². The molecule has 56 valence electrons. The van der Waals surface area contributed by atoms with Gasteiger partial charge < -0.3 is 0 Å². The maximum atomic E-state index is 5.68. The van der Waals surface area contributed by atoms with E-state index in [4.69, 9.17) is 11.6 Å². The lowest BCUT2D eigenvalue weighted by molar-refractivity contribution is 0.557. The summed E-state index contributed by atoms with van der Waals surface area (Å²) in [5.41, 5.74) is 3.46. The molecule has 1 unspecified atom stereocenters. The Labute approximate surface area is 67.3 Å². The highest BCUT2D eigenvalue weighted by atomic mass is 35.5. The molecule has 2 bridgehead atoms. The third kappa shape index (κ3) is 0.989. The van der Waals surface area contributed by atoms with Crippen molar-refractivity contribution >= 4 is 11.6 Å². The molecule has 0 amide bonds. The van der Waals surface area contributed by atoms with Crippen LogP contribution in [0.1, 0.15) is 32.1 Å². The van der Waals surface area contributed by atoms with Gasteiger partial charge in [-0.25, -0.2) is 0 Å². The molecule has 1 fully saturated rings. The van der Waals surface area contributed by atoms with Crippen LogP contribution in [-0.2, 0) is 0 Å². The smallest absolute Gasteiger partial charge is 0.0260 e. The van der Waals surface area contributed by atoms with Crippen molar-refractivity contribution in [2.24, 2.45) is 5.92 Å². The summed E-state index contributed by atoms with van der Waals surface area (Å²) in [6.07, 6.45) is 6.79. The van der Waals surface area contributed by atoms with E-state index in [0.29, 0.717) is 0 Å². The Morgan fingerprint density at radius 2 is 2.30 bits per heavy atom.